The summed E-state index contributed by atoms with van der Waals surface area (Å²) in [6.45, 7) is 3.91. The third-order valence-corrected chi connectivity index (χ3v) is 4.90. The number of aliphatic carboxylic acids is 1. The second kappa shape index (κ2) is 10.4. The van der Waals surface area contributed by atoms with Crippen LogP contribution in [-0.4, -0.2) is 40.6 Å². The molecule has 0 amide bonds. The number of carbonyl (C=O) groups is 3. The summed E-state index contributed by atoms with van der Waals surface area (Å²) in [7, 11) is 0. The molecule has 2 atom stereocenters. The standard InChI is InChI=1S/C18H30O6/c1-3-16(15(20)9-4-12(2)10-11-19)24-18(23)14-7-5-13(6-8-14)17(21)22/h12-14,16,19H,3-11H2,1-2H3,(H,21,22). The molecule has 1 aliphatic rings. The number of hydrogen-bond acceptors (Lipinski definition) is 5. The van der Waals surface area contributed by atoms with Crippen molar-refractivity contribution in [3.63, 3.8) is 0 Å². The van der Waals surface area contributed by atoms with Crippen LogP contribution in [0.1, 0.15) is 65.2 Å². The molecule has 2 N–H and O–H groups in total. The summed E-state index contributed by atoms with van der Waals surface area (Å²) < 4.78 is 5.40. The van der Waals surface area contributed by atoms with Crippen molar-refractivity contribution in [3.8, 4) is 0 Å². The van der Waals surface area contributed by atoms with Crippen LogP contribution in [0.25, 0.3) is 0 Å². The van der Waals surface area contributed by atoms with Crippen LogP contribution in [0, 0.1) is 17.8 Å². The molecule has 0 aromatic heterocycles. The highest BCUT2D eigenvalue weighted by molar-refractivity contribution is 5.86. The van der Waals surface area contributed by atoms with Gasteiger partial charge in [-0.05, 0) is 50.9 Å². The molecule has 6 nitrogen and oxygen atoms in total. The van der Waals surface area contributed by atoms with Crippen molar-refractivity contribution >= 4 is 17.7 Å². The van der Waals surface area contributed by atoms with Crippen LogP contribution in [0.15, 0.2) is 0 Å². The molecule has 138 valence electrons. The van der Waals surface area contributed by atoms with Gasteiger partial charge in [-0.1, -0.05) is 13.8 Å². The number of carboxylic acid groups (broad SMARTS) is 1. The van der Waals surface area contributed by atoms with Gasteiger partial charge in [0.15, 0.2) is 11.9 Å². The Hall–Kier alpha value is -1.43. The minimum absolute atomic E-state index is 0.0742. The van der Waals surface area contributed by atoms with Gasteiger partial charge in [0.25, 0.3) is 0 Å². The third kappa shape index (κ3) is 6.59. The van der Waals surface area contributed by atoms with Crippen LogP contribution < -0.4 is 0 Å². The van der Waals surface area contributed by atoms with Crippen LogP contribution in [0.5, 0.6) is 0 Å². The number of carboxylic acids is 1. The minimum Gasteiger partial charge on any atom is -0.481 e. The molecule has 6 heteroatoms. The quantitative estimate of drug-likeness (QED) is 0.592. The zero-order chi connectivity index (χ0) is 18.1. The Bertz CT molecular complexity index is 425. The van der Waals surface area contributed by atoms with Gasteiger partial charge in [-0.2, -0.15) is 0 Å². The smallest absolute Gasteiger partial charge is 0.309 e. The molecule has 24 heavy (non-hydrogen) atoms. The van der Waals surface area contributed by atoms with E-state index < -0.39 is 12.1 Å². The number of ether oxygens (including phenoxy) is 1. The molecule has 0 aromatic carbocycles. The van der Waals surface area contributed by atoms with E-state index in [2.05, 4.69) is 0 Å². The van der Waals surface area contributed by atoms with Crippen LogP contribution in [0.2, 0.25) is 0 Å². The summed E-state index contributed by atoms with van der Waals surface area (Å²) >= 11 is 0. The van der Waals surface area contributed by atoms with Crippen molar-refractivity contribution in [1.82, 2.24) is 0 Å². The molecule has 1 aliphatic carbocycles. The number of ketones is 1. The van der Waals surface area contributed by atoms with Crippen LogP contribution in [-0.2, 0) is 19.1 Å². The molecule has 0 heterocycles. The molecule has 0 bridgehead atoms. The average Bonchev–Trinajstić information content (AvgIpc) is 2.57. The largest absolute Gasteiger partial charge is 0.481 e. The zero-order valence-electron chi connectivity index (χ0n) is 14.7. The van der Waals surface area contributed by atoms with Gasteiger partial charge in [-0.15, -0.1) is 0 Å². The first-order valence-electron chi connectivity index (χ1n) is 8.95. The Morgan fingerprint density at radius 2 is 1.67 bits per heavy atom. The SMILES string of the molecule is CCC(OC(=O)C1CCC(C(=O)O)CC1)C(=O)CCC(C)CCO. The summed E-state index contributed by atoms with van der Waals surface area (Å²) in [4.78, 5) is 35.4. The summed E-state index contributed by atoms with van der Waals surface area (Å²) in [6.07, 6.45) is 3.41. The van der Waals surface area contributed by atoms with E-state index in [0.717, 1.165) is 0 Å². The van der Waals surface area contributed by atoms with Gasteiger partial charge in [-0.25, -0.2) is 0 Å². The van der Waals surface area contributed by atoms with E-state index in [1.54, 1.807) is 0 Å². The van der Waals surface area contributed by atoms with Crippen molar-refractivity contribution in [1.29, 1.82) is 0 Å². The second-order valence-corrected chi connectivity index (χ2v) is 6.84. The first kappa shape index (κ1) is 20.6. The molecule has 1 fully saturated rings. The number of Topliss-reactive ketones (excluding diaryl/α,β-unsaturated/α-hetero) is 1. The van der Waals surface area contributed by atoms with Gasteiger partial charge >= 0.3 is 11.9 Å². The van der Waals surface area contributed by atoms with E-state index in [1.807, 2.05) is 13.8 Å². The van der Waals surface area contributed by atoms with Crippen molar-refractivity contribution in [3.05, 3.63) is 0 Å². The highest BCUT2D eigenvalue weighted by atomic mass is 16.5. The van der Waals surface area contributed by atoms with Gasteiger partial charge in [0.1, 0.15) is 0 Å². The molecule has 1 rings (SSSR count). The molecule has 0 aliphatic heterocycles. The number of aliphatic hydroxyl groups is 1. The number of carbonyl (C=O) groups excluding carboxylic acids is 2. The fourth-order valence-corrected chi connectivity index (χ4v) is 3.10. The Labute approximate surface area is 143 Å². The Balaban J connectivity index is 2.42. The molecular formula is C18H30O6. The van der Waals surface area contributed by atoms with Gasteiger partial charge in [-0.3, -0.25) is 14.4 Å². The predicted octanol–water partition coefficient (Wildman–Crippen LogP) is 2.57. The lowest BCUT2D eigenvalue weighted by molar-refractivity contribution is -0.161. The lowest BCUT2D eigenvalue weighted by Gasteiger charge is -2.26. The molecular weight excluding hydrogens is 312 g/mol. The topological polar surface area (TPSA) is 101 Å². The van der Waals surface area contributed by atoms with E-state index in [4.69, 9.17) is 14.9 Å². The maximum Gasteiger partial charge on any atom is 0.309 e. The maximum absolute atomic E-state index is 12.2. The van der Waals surface area contributed by atoms with Crippen molar-refractivity contribution < 1.29 is 29.3 Å². The molecule has 2 unspecified atom stereocenters. The maximum atomic E-state index is 12.2. The molecule has 1 saturated carbocycles. The number of aliphatic hydroxyl groups excluding tert-OH is 1. The minimum atomic E-state index is -0.805. The molecule has 0 spiro atoms. The fraction of sp³-hybridized carbons (Fsp3) is 0.833. The average molecular weight is 342 g/mol. The number of esters is 1. The lowest BCUT2D eigenvalue weighted by atomic mass is 9.82. The second-order valence-electron chi connectivity index (χ2n) is 6.84. The summed E-state index contributed by atoms with van der Waals surface area (Å²) in [5, 5.41) is 17.9. The summed E-state index contributed by atoms with van der Waals surface area (Å²) in [5.74, 6) is -1.65. The van der Waals surface area contributed by atoms with Gasteiger partial charge in [0, 0.05) is 13.0 Å². The van der Waals surface area contributed by atoms with E-state index >= 15 is 0 Å². The molecule has 0 radical (unpaired) electrons. The van der Waals surface area contributed by atoms with E-state index in [1.165, 1.54) is 0 Å². The molecule has 0 aromatic rings. The first-order valence-corrected chi connectivity index (χ1v) is 8.95. The predicted molar refractivity (Wildman–Crippen MR) is 88.4 cm³/mol. The highest BCUT2D eigenvalue weighted by Crippen LogP contribution is 2.30. The van der Waals surface area contributed by atoms with Crippen LogP contribution >= 0.6 is 0 Å². The Morgan fingerprint density at radius 1 is 1.08 bits per heavy atom. The van der Waals surface area contributed by atoms with Crippen molar-refractivity contribution in [2.75, 3.05) is 6.61 Å². The monoisotopic (exact) mass is 342 g/mol. The summed E-state index contributed by atoms with van der Waals surface area (Å²) in [6, 6.07) is 0. The van der Waals surface area contributed by atoms with Crippen LogP contribution in [0.4, 0.5) is 0 Å². The van der Waals surface area contributed by atoms with Gasteiger partial charge in [0.2, 0.25) is 0 Å². The highest BCUT2D eigenvalue weighted by Gasteiger charge is 2.32. The lowest BCUT2D eigenvalue weighted by Crippen LogP contribution is -2.32. The summed E-state index contributed by atoms with van der Waals surface area (Å²) in [5.41, 5.74) is 0. The third-order valence-electron chi connectivity index (χ3n) is 4.90. The van der Waals surface area contributed by atoms with Crippen LogP contribution in [0.3, 0.4) is 0 Å². The Morgan fingerprint density at radius 3 is 2.17 bits per heavy atom. The fourth-order valence-electron chi connectivity index (χ4n) is 3.10. The van der Waals surface area contributed by atoms with E-state index in [0.29, 0.717) is 51.4 Å². The van der Waals surface area contributed by atoms with Gasteiger partial charge < -0.3 is 14.9 Å². The number of hydrogen-bond donors (Lipinski definition) is 2. The Kier molecular flexibility index (Phi) is 8.97. The van der Waals surface area contributed by atoms with Gasteiger partial charge in [0.05, 0.1) is 11.8 Å². The first-order chi connectivity index (χ1) is 11.4. The number of rotatable bonds is 10. The zero-order valence-corrected chi connectivity index (χ0v) is 14.7. The molecule has 0 saturated heterocycles. The normalized spacial score (nSPS) is 23.3. The van der Waals surface area contributed by atoms with Crippen molar-refractivity contribution in [2.45, 2.75) is 71.3 Å². The van der Waals surface area contributed by atoms with E-state index in [-0.39, 0.29) is 36.1 Å². The van der Waals surface area contributed by atoms with E-state index in [9.17, 15) is 14.4 Å². The van der Waals surface area contributed by atoms with Crippen molar-refractivity contribution in [2.24, 2.45) is 17.8 Å².